The Morgan fingerprint density at radius 3 is 2.49 bits per heavy atom. The Morgan fingerprint density at radius 1 is 1.08 bits per heavy atom. The van der Waals surface area contributed by atoms with Gasteiger partial charge in [-0.1, -0.05) is 35.3 Å². The number of rotatable bonds is 9. The number of nitrogens with one attached hydrogen (secondary N) is 4. The number of aromatic amines is 1. The molecule has 204 valence electrons. The number of likely N-dealkylation sites (N-methyl/N-ethyl adjacent to an activating group) is 1. The molecule has 1 atom stereocenters. The largest absolute Gasteiger partial charge is 0.369 e. The van der Waals surface area contributed by atoms with Crippen molar-refractivity contribution in [2.75, 3.05) is 49.3 Å². The molecule has 1 fully saturated rings. The van der Waals surface area contributed by atoms with Gasteiger partial charge in [0.05, 0.1) is 27.5 Å². The maximum Gasteiger partial charge on any atom is 0.271 e. The Bertz CT molecular complexity index is 1350. The normalized spacial score (nSPS) is 15.1. The highest BCUT2D eigenvalue weighted by atomic mass is 35.5. The van der Waals surface area contributed by atoms with E-state index in [1.54, 1.807) is 24.3 Å². The fourth-order valence-corrected chi connectivity index (χ4v) is 4.70. The molecule has 2 heterocycles. The van der Waals surface area contributed by atoms with Crippen LogP contribution < -0.4 is 20.9 Å². The van der Waals surface area contributed by atoms with E-state index in [0.29, 0.717) is 18.8 Å². The predicted molar refractivity (Wildman–Crippen MR) is 154 cm³/mol. The minimum absolute atomic E-state index is 0.108. The molecular formula is C27H29Cl2N7O3. The van der Waals surface area contributed by atoms with Crippen molar-refractivity contribution in [2.45, 2.75) is 12.5 Å². The molecule has 2 aromatic carbocycles. The number of aromatic nitrogens is 2. The van der Waals surface area contributed by atoms with Crippen LogP contribution in [0.25, 0.3) is 0 Å². The van der Waals surface area contributed by atoms with Crippen molar-refractivity contribution in [3.05, 3.63) is 82.1 Å². The van der Waals surface area contributed by atoms with E-state index in [-0.39, 0.29) is 44.8 Å². The second-order valence-corrected chi connectivity index (χ2v) is 10.1. The summed E-state index contributed by atoms with van der Waals surface area (Å²) in [5.74, 6) is -1.12. The molecule has 0 bridgehead atoms. The zero-order valence-corrected chi connectivity index (χ0v) is 23.0. The van der Waals surface area contributed by atoms with Crippen LogP contribution in [-0.2, 0) is 4.79 Å². The zero-order valence-electron chi connectivity index (χ0n) is 21.5. The molecule has 39 heavy (non-hydrogen) atoms. The Kier molecular flexibility index (Phi) is 9.23. The summed E-state index contributed by atoms with van der Waals surface area (Å²) in [6.07, 6.45) is 5.42. The molecule has 4 rings (SSSR count). The molecule has 1 saturated heterocycles. The van der Waals surface area contributed by atoms with Crippen LogP contribution in [-0.4, -0.2) is 72.6 Å². The minimum atomic E-state index is -0.544. The van der Waals surface area contributed by atoms with Crippen LogP contribution in [0.3, 0.4) is 0 Å². The third kappa shape index (κ3) is 7.38. The van der Waals surface area contributed by atoms with Crippen LogP contribution in [0.1, 0.15) is 27.3 Å². The van der Waals surface area contributed by atoms with Gasteiger partial charge in [0.1, 0.15) is 5.69 Å². The molecule has 0 spiro atoms. The number of amides is 3. The lowest BCUT2D eigenvalue weighted by molar-refractivity contribution is -0.111. The average molecular weight is 570 g/mol. The number of hydrogen-bond acceptors (Lipinski definition) is 6. The highest BCUT2D eigenvalue weighted by Crippen LogP contribution is 2.26. The van der Waals surface area contributed by atoms with Gasteiger partial charge in [0, 0.05) is 43.1 Å². The molecule has 0 unspecified atom stereocenters. The predicted octanol–water partition coefficient (Wildman–Crippen LogP) is 4.03. The molecule has 0 aliphatic carbocycles. The van der Waals surface area contributed by atoms with Crippen LogP contribution in [0, 0.1) is 0 Å². The van der Waals surface area contributed by atoms with Gasteiger partial charge in [-0.05, 0) is 56.9 Å². The molecule has 12 heteroatoms. The standard InChI is InChI=1S/C27H29Cl2N7O3/c1-35(2)13-4-7-23(37)31-17-8-10-19(11-9-17)36-14-12-18(16-36)32-27(39)25-22(15-30-34-25)33-26(38)24-20(28)5-3-6-21(24)29/h3-11,15,18H,12-14,16H2,1-2H3,(H,30,34)(H,31,37)(H,32,39)(H,33,38)/b7-4+/t18-/m0/s1. The van der Waals surface area contributed by atoms with Crippen molar-refractivity contribution in [1.29, 1.82) is 0 Å². The van der Waals surface area contributed by atoms with E-state index in [4.69, 9.17) is 23.2 Å². The lowest BCUT2D eigenvalue weighted by atomic mass is 10.2. The van der Waals surface area contributed by atoms with E-state index in [9.17, 15) is 14.4 Å². The maximum absolute atomic E-state index is 13.0. The summed E-state index contributed by atoms with van der Waals surface area (Å²) in [6.45, 7) is 2.05. The Labute approximate surface area is 236 Å². The average Bonchev–Trinajstić information content (AvgIpc) is 3.54. The van der Waals surface area contributed by atoms with Gasteiger partial charge in [-0.25, -0.2) is 0 Å². The lowest BCUT2D eigenvalue weighted by Gasteiger charge is -2.19. The van der Waals surface area contributed by atoms with Crippen molar-refractivity contribution in [1.82, 2.24) is 20.4 Å². The molecule has 1 aliphatic heterocycles. The fourth-order valence-electron chi connectivity index (χ4n) is 4.13. The summed E-state index contributed by atoms with van der Waals surface area (Å²) in [5, 5.41) is 15.5. The monoisotopic (exact) mass is 569 g/mol. The van der Waals surface area contributed by atoms with Crippen molar-refractivity contribution < 1.29 is 14.4 Å². The summed E-state index contributed by atoms with van der Waals surface area (Å²) in [5.41, 5.74) is 2.15. The first-order valence-electron chi connectivity index (χ1n) is 12.3. The lowest BCUT2D eigenvalue weighted by Crippen LogP contribution is -2.37. The summed E-state index contributed by atoms with van der Waals surface area (Å²) >= 11 is 12.3. The zero-order chi connectivity index (χ0) is 27.9. The van der Waals surface area contributed by atoms with Crippen LogP contribution in [0.4, 0.5) is 17.1 Å². The van der Waals surface area contributed by atoms with Crippen molar-refractivity contribution in [3.8, 4) is 0 Å². The Hall–Kier alpha value is -3.86. The van der Waals surface area contributed by atoms with E-state index in [2.05, 4.69) is 31.0 Å². The molecular weight excluding hydrogens is 541 g/mol. The quantitative estimate of drug-likeness (QED) is 0.288. The van der Waals surface area contributed by atoms with Crippen LogP contribution in [0.2, 0.25) is 10.0 Å². The first-order valence-corrected chi connectivity index (χ1v) is 13.0. The summed E-state index contributed by atoms with van der Waals surface area (Å²) in [7, 11) is 3.87. The van der Waals surface area contributed by atoms with Crippen LogP contribution in [0.15, 0.2) is 60.8 Å². The summed E-state index contributed by atoms with van der Waals surface area (Å²) < 4.78 is 0. The number of hydrogen-bond donors (Lipinski definition) is 4. The molecule has 3 amide bonds. The molecule has 0 saturated carbocycles. The van der Waals surface area contributed by atoms with Crippen molar-refractivity contribution in [3.63, 3.8) is 0 Å². The van der Waals surface area contributed by atoms with Gasteiger partial charge >= 0.3 is 0 Å². The van der Waals surface area contributed by atoms with Gasteiger partial charge < -0.3 is 25.8 Å². The van der Waals surface area contributed by atoms with Crippen molar-refractivity contribution in [2.24, 2.45) is 0 Å². The number of halogens is 2. The van der Waals surface area contributed by atoms with E-state index in [0.717, 1.165) is 18.7 Å². The van der Waals surface area contributed by atoms with Gasteiger partial charge in [0.15, 0.2) is 0 Å². The highest BCUT2D eigenvalue weighted by molar-refractivity contribution is 6.40. The van der Waals surface area contributed by atoms with E-state index < -0.39 is 5.91 Å². The minimum Gasteiger partial charge on any atom is -0.369 e. The number of anilines is 3. The van der Waals surface area contributed by atoms with Gasteiger partial charge in [-0.2, -0.15) is 5.10 Å². The van der Waals surface area contributed by atoms with Crippen LogP contribution >= 0.6 is 23.2 Å². The molecule has 10 nitrogen and oxygen atoms in total. The van der Waals surface area contributed by atoms with Crippen molar-refractivity contribution >= 4 is 58.0 Å². The van der Waals surface area contributed by atoms with Gasteiger partial charge in [0.25, 0.3) is 11.8 Å². The smallest absolute Gasteiger partial charge is 0.271 e. The third-order valence-electron chi connectivity index (χ3n) is 6.07. The molecule has 4 N–H and O–H groups in total. The summed E-state index contributed by atoms with van der Waals surface area (Å²) in [6, 6.07) is 12.2. The molecule has 3 aromatic rings. The number of carbonyl (C=O) groups is 3. The second-order valence-electron chi connectivity index (χ2n) is 9.32. The van der Waals surface area contributed by atoms with E-state index >= 15 is 0 Å². The van der Waals surface area contributed by atoms with E-state index in [1.165, 1.54) is 12.3 Å². The third-order valence-corrected chi connectivity index (χ3v) is 6.70. The number of H-pyrrole nitrogens is 1. The first-order chi connectivity index (χ1) is 18.7. The number of nitrogens with zero attached hydrogens (tertiary/aromatic N) is 3. The topological polar surface area (TPSA) is 122 Å². The maximum atomic E-state index is 13.0. The SMILES string of the molecule is CN(C)C/C=C/C(=O)Nc1ccc(N2CC[C@H](NC(=O)c3[nH]ncc3NC(=O)c3c(Cl)cccc3Cl)C2)cc1. The molecule has 1 aliphatic rings. The number of carbonyl (C=O) groups excluding carboxylic acids is 3. The molecule has 1 aromatic heterocycles. The number of benzene rings is 2. The fraction of sp³-hybridized carbons (Fsp3) is 0.259. The van der Waals surface area contributed by atoms with E-state index in [1.807, 2.05) is 43.3 Å². The van der Waals surface area contributed by atoms with Gasteiger partial charge in [-0.3, -0.25) is 19.5 Å². The first kappa shape index (κ1) is 28.2. The van der Waals surface area contributed by atoms with Gasteiger partial charge in [-0.15, -0.1) is 0 Å². The van der Waals surface area contributed by atoms with Crippen LogP contribution in [0.5, 0.6) is 0 Å². The Balaban J connectivity index is 1.31. The second kappa shape index (κ2) is 12.8. The molecule has 0 radical (unpaired) electrons. The summed E-state index contributed by atoms with van der Waals surface area (Å²) in [4.78, 5) is 41.9. The Morgan fingerprint density at radius 2 is 1.79 bits per heavy atom. The van der Waals surface area contributed by atoms with Gasteiger partial charge in [0.2, 0.25) is 5.91 Å². The highest BCUT2D eigenvalue weighted by Gasteiger charge is 2.27.